The minimum Gasteiger partial charge on any atom is -0.480 e. The SMILES string of the molecule is CCCNC(C)(CCN1CCCCCC1)C(=O)O. The lowest BCUT2D eigenvalue weighted by Gasteiger charge is -2.29. The third kappa shape index (κ3) is 4.94. The normalized spacial score (nSPS) is 21.2. The molecule has 4 heteroatoms. The van der Waals surface area contributed by atoms with Crippen molar-refractivity contribution in [3.8, 4) is 0 Å². The smallest absolute Gasteiger partial charge is 0.323 e. The first-order chi connectivity index (χ1) is 8.58. The Labute approximate surface area is 111 Å². The summed E-state index contributed by atoms with van der Waals surface area (Å²) >= 11 is 0. The van der Waals surface area contributed by atoms with Crippen LogP contribution in [0.15, 0.2) is 0 Å². The van der Waals surface area contributed by atoms with Gasteiger partial charge in [-0.3, -0.25) is 4.79 Å². The van der Waals surface area contributed by atoms with E-state index in [1.54, 1.807) is 0 Å². The van der Waals surface area contributed by atoms with Gasteiger partial charge in [-0.25, -0.2) is 0 Å². The molecule has 0 aromatic rings. The Morgan fingerprint density at radius 2 is 1.89 bits per heavy atom. The Balaban J connectivity index is 2.42. The molecule has 4 nitrogen and oxygen atoms in total. The molecule has 0 aromatic heterocycles. The Hall–Kier alpha value is -0.610. The van der Waals surface area contributed by atoms with Gasteiger partial charge in [0.25, 0.3) is 0 Å². The fraction of sp³-hybridized carbons (Fsp3) is 0.929. The van der Waals surface area contributed by atoms with Crippen molar-refractivity contribution >= 4 is 5.97 Å². The molecule has 0 aromatic carbocycles. The van der Waals surface area contributed by atoms with Crippen LogP contribution in [0, 0.1) is 0 Å². The van der Waals surface area contributed by atoms with Crippen LogP contribution < -0.4 is 5.32 Å². The average molecular weight is 256 g/mol. The van der Waals surface area contributed by atoms with Gasteiger partial charge in [0.1, 0.15) is 5.54 Å². The second-order valence-corrected chi connectivity index (χ2v) is 5.57. The number of rotatable bonds is 7. The van der Waals surface area contributed by atoms with Crippen LogP contribution in [-0.4, -0.2) is 47.7 Å². The number of aliphatic carboxylic acids is 1. The molecule has 1 aliphatic heterocycles. The highest BCUT2D eigenvalue weighted by molar-refractivity contribution is 5.78. The van der Waals surface area contributed by atoms with Crippen LogP contribution >= 0.6 is 0 Å². The maximum Gasteiger partial charge on any atom is 0.323 e. The molecule has 0 bridgehead atoms. The molecule has 1 aliphatic rings. The van der Waals surface area contributed by atoms with Crippen molar-refractivity contribution in [1.29, 1.82) is 0 Å². The molecular weight excluding hydrogens is 228 g/mol. The van der Waals surface area contributed by atoms with Crippen molar-refractivity contribution in [2.75, 3.05) is 26.2 Å². The molecule has 18 heavy (non-hydrogen) atoms. The minimum absolute atomic E-state index is 0.683. The lowest BCUT2D eigenvalue weighted by Crippen LogP contribution is -2.51. The Morgan fingerprint density at radius 1 is 1.28 bits per heavy atom. The largest absolute Gasteiger partial charge is 0.480 e. The second-order valence-electron chi connectivity index (χ2n) is 5.57. The van der Waals surface area contributed by atoms with Gasteiger partial charge in [-0.1, -0.05) is 19.8 Å². The van der Waals surface area contributed by atoms with Crippen molar-refractivity contribution < 1.29 is 9.90 Å². The van der Waals surface area contributed by atoms with Crippen LogP contribution in [0.5, 0.6) is 0 Å². The summed E-state index contributed by atoms with van der Waals surface area (Å²) in [7, 11) is 0. The van der Waals surface area contributed by atoms with Crippen molar-refractivity contribution in [3.05, 3.63) is 0 Å². The highest BCUT2D eigenvalue weighted by atomic mass is 16.4. The molecule has 0 aliphatic carbocycles. The molecule has 0 amide bonds. The lowest BCUT2D eigenvalue weighted by molar-refractivity contribution is -0.144. The number of hydrogen-bond donors (Lipinski definition) is 2. The quantitative estimate of drug-likeness (QED) is 0.732. The molecule has 106 valence electrons. The summed E-state index contributed by atoms with van der Waals surface area (Å²) in [6, 6.07) is 0. The van der Waals surface area contributed by atoms with E-state index in [9.17, 15) is 9.90 Å². The van der Waals surface area contributed by atoms with Gasteiger partial charge in [-0.2, -0.15) is 0 Å². The number of nitrogens with one attached hydrogen (secondary N) is 1. The lowest BCUT2D eigenvalue weighted by atomic mass is 9.97. The average Bonchev–Trinajstić information content (AvgIpc) is 2.62. The predicted molar refractivity (Wildman–Crippen MR) is 73.9 cm³/mol. The van der Waals surface area contributed by atoms with Crippen LogP contribution in [0.25, 0.3) is 0 Å². The van der Waals surface area contributed by atoms with Gasteiger partial charge in [0.15, 0.2) is 0 Å². The molecule has 1 atom stereocenters. The molecule has 1 rings (SSSR count). The summed E-state index contributed by atoms with van der Waals surface area (Å²) in [4.78, 5) is 13.8. The molecular formula is C14H28N2O2. The minimum atomic E-state index is -0.775. The van der Waals surface area contributed by atoms with E-state index in [1.165, 1.54) is 25.7 Å². The number of carbonyl (C=O) groups is 1. The van der Waals surface area contributed by atoms with E-state index in [-0.39, 0.29) is 0 Å². The third-order valence-electron chi connectivity index (χ3n) is 3.86. The Kier molecular flexibility index (Phi) is 6.65. The summed E-state index contributed by atoms with van der Waals surface area (Å²) in [5.41, 5.74) is -0.775. The van der Waals surface area contributed by atoms with E-state index in [0.29, 0.717) is 6.42 Å². The molecule has 0 radical (unpaired) electrons. The highest BCUT2D eigenvalue weighted by Crippen LogP contribution is 2.15. The molecule has 1 saturated heterocycles. The van der Waals surface area contributed by atoms with Gasteiger partial charge >= 0.3 is 5.97 Å². The van der Waals surface area contributed by atoms with Crippen LogP contribution in [0.2, 0.25) is 0 Å². The van der Waals surface area contributed by atoms with Gasteiger partial charge in [0, 0.05) is 6.54 Å². The van der Waals surface area contributed by atoms with Crippen molar-refractivity contribution in [2.45, 2.75) is 57.9 Å². The van der Waals surface area contributed by atoms with Gasteiger partial charge in [-0.15, -0.1) is 0 Å². The zero-order chi connectivity index (χ0) is 13.4. The fourth-order valence-corrected chi connectivity index (χ4v) is 2.41. The first kappa shape index (κ1) is 15.4. The topological polar surface area (TPSA) is 52.6 Å². The van der Waals surface area contributed by atoms with Gasteiger partial charge in [0.2, 0.25) is 0 Å². The van der Waals surface area contributed by atoms with Gasteiger partial charge in [0.05, 0.1) is 0 Å². The third-order valence-corrected chi connectivity index (χ3v) is 3.86. The summed E-state index contributed by atoms with van der Waals surface area (Å²) in [6.45, 7) is 7.78. The first-order valence-corrected chi connectivity index (χ1v) is 7.29. The standard InChI is InChI=1S/C14H28N2O2/c1-3-9-15-14(2,13(17)18)8-12-16-10-6-4-5-7-11-16/h15H,3-12H2,1-2H3,(H,17,18). The summed E-state index contributed by atoms with van der Waals surface area (Å²) in [5, 5.41) is 12.5. The Bertz CT molecular complexity index is 250. The van der Waals surface area contributed by atoms with E-state index in [1.807, 2.05) is 6.92 Å². The van der Waals surface area contributed by atoms with E-state index < -0.39 is 11.5 Å². The van der Waals surface area contributed by atoms with E-state index in [4.69, 9.17) is 0 Å². The van der Waals surface area contributed by atoms with Crippen LogP contribution in [0.4, 0.5) is 0 Å². The maximum atomic E-state index is 11.4. The van der Waals surface area contributed by atoms with Crippen LogP contribution in [0.1, 0.15) is 52.4 Å². The monoisotopic (exact) mass is 256 g/mol. The van der Waals surface area contributed by atoms with Crippen molar-refractivity contribution in [3.63, 3.8) is 0 Å². The van der Waals surface area contributed by atoms with Crippen LogP contribution in [-0.2, 0) is 4.79 Å². The molecule has 1 fully saturated rings. The molecule has 1 heterocycles. The van der Waals surface area contributed by atoms with Crippen molar-refractivity contribution in [2.24, 2.45) is 0 Å². The van der Waals surface area contributed by atoms with E-state index in [0.717, 1.165) is 32.6 Å². The summed E-state index contributed by atoms with van der Waals surface area (Å²) < 4.78 is 0. The van der Waals surface area contributed by atoms with Gasteiger partial charge in [-0.05, 0) is 52.2 Å². The van der Waals surface area contributed by atoms with Crippen molar-refractivity contribution in [1.82, 2.24) is 10.2 Å². The van der Waals surface area contributed by atoms with E-state index in [2.05, 4.69) is 17.1 Å². The van der Waals surface area contributed by atoms with E-state index >= 15 is 0 Å². The zero-order valence-electron chi connectivity index (χ0n) is 11.9. The molecule has 2 N–H and O–H groups in total. The van der Waals surface area contributed by atoms with Crippen LogP contribution in [0.3, 0.4) is 0 Å². The Morgan fingerprint density at radius 3 is 2.39 bits per heavy atom. The predicted octanol–water partition coefficient (Wildman–Crippen LogP) is 2.10. The second kappa shape index (κ2) is 7.74. The number of nitrogens with zero attached hydrogens (tertiary/aromatic N) is 1. The summed E-state index contributed by atoms with van der Waals surface area (Å²) in [6.07, 6.45) is 6.80. The summed E-state index contributed by atoms with van der Waals surface area (Å²) in [5.74, 6) is -0.731. The molecule has 1 unspecified atom stereocenters. The highest BCUT2D eigenvalue weighted by Gasteiger charge is 2.32. The number of carboxylic acid groups (broad SMARTS) is 1. The number of hydrogen-bond acceptors (Lipinski definition) is 3. The van der Waals surface area contributed by atoms with Gasteiger partial charge < -0.3 is 15.3 Å². The first-order valence-electron chi connectivity index (χ1n) is 7.29. The fourth-order valence-electron chi connectivity index (χ4n) is 2.41. The maximum absolute atomic E-state index is 11.4. The molecule has 0 spiro atoms. The number of carboxylic acids is 1. The molecule has 0 saturated carbocycles. The number of likely N-dealkylation sites (tertiary alicyclic amines) is 1. The zero-order valence-corrected chi connectivity index (χ0v) is 11.9.